The summed E-state index contributed by atoms with van der Waals surface area (Å²) >= 11 is 0. The molecule has 0 aliphatic heterocycles. The van der Waals surface area contributed by atoms with Gasteiger partial charge in [0.1, 0.15) is 11.5 Å². The van der Waals surface area contributed by atoms with Crippen molar-refractivity contribution in [3.8, 4) is 11.5 Å². The van der Waals surface area contributed by atoms with Crippen LogP contribution in [0.3, 0.4) is 0 Å². The summed E-state index contributed by atoms with van der Waals surface area (Å²) < 4.78 is 43.9. The van der Waals surface area contributed by atoms with Crippen LogP contribution in [0.25, 0.3) is 0 Å². The van der Waals surface area contributed by atoms with Gasteiger partial charge in [-0.15, -0.1) is 0 Å². The normalized spacial score (nSPS) is 11.4. The number of hydrogen-bond acceptors (Lipinski definition) is 2. The summed E-state index contributed by atoms with van der Waals surface area (Å²) in [5.74, 6) is 0.947. The Bertz CT molecular complexity index is 608. The van der Waals surface area contributed by atoms with Crippen LogP contribution in [0.1, 0.15) is 16.7 Å². The van der Waals surface area contributed by atoms with E-state index in [1.54, 1.807) is 12.1 Å². The average molecular weight is 281 g/mol. The van der Waals surface area contributed by atoms with Crippen molar-refractivity contribution < 1.29 is 17.9 Å². The molecule has 0 aromatic heterocycles. The third kappa shape index (κ3) is 3.11. The van der Waals surface area contributed by atoms with Gasteiger partial charge in [0.15, 0.2) is 0 Å². The predicted molar refractivity (Wildman–Crippen MR) is 70.6 cm³/mol. The van der Waals surface area contributed by atoms with Crippen LogP contribution in [-0.2, 0) is 12.7 Å². The van der Waals surface area contributed by atoms with Crippen LogP contribution in [0.2, 0.25) is 0 Å². The smallest absolute Gasteiger partial charge is 0.416 e. The molecular weight excluding hydrogens is 267 g/mol. The molecule has 0 aliphatic rings. The molecule has 0 saturated carbocycles. The third-order valence-electron chi connectivity index (χ3n) is 2.92. The lowest BCUT2D eigenvalue weighted by molar-refractivity contribution is -0.138. The number of benzene rings is 2. The Morgan fingerprint density at radius 3 is 2.40 bits per heavy atom. The second-order valence-electron chi connectivity index (χ2n) is 4.39. The number of ether oxygens (including phenoxy) is 1. The highest BCUT2D eigenvalue weighted by atomic mass is 19.4. The van der Waals surface area contributed by atoms with Crippen LogP contribution in [0.15, 0.2) is 42.5 Å². The van der Waals surface area contributed by atoms with Crippen molar-refractivity contribution in [2.75, 3.05) is 0 Å². The highest BCUT2D eigenvalue weighted by Gasteiger charge is 2.33. The standard InChI is InChI=1S/C15H14F3NO/c1-10-4-2-3-5-14(10)20-12-6-7-13(15(16,17)18)11(8-12)9-19/h2-8H,9,19H2,1H3. The molecule has 0 aliphatic carbocycles. The Morgan fingerprint density at radius 2 is 1.80 bits per heavy atom. The first-order valence-electron chi connectivity index (χ1n) is 6.05. The molecule has 0 amide bonds. The lowest BCUT2D eigenvalue weighted by atomic mass is 10.1. The van der Waals surface area contributed by atoms with Crippen molar-refractivity contribution in [2.45, 2.75) is 19.6 Å². The Hall–Kier alpha value is -2.01. The number of para-hydroxylation sites is 1. The van der Waals surface area contributed by atoms with Crippen LogP contribution in [0.4, 0.5) is 13.2 Å². The number of hydrogen-bond donors (Lipinski definition) is 1. The highest BCUT2D eigenvalue weighted by Crippen LogP contribution is 2.35. The van der Waals surface area contributed by atoms with Crippen molar-refractivity contribution in [3.05, 3.63) is 59.2 Å². The monoisotopic (exact) mass is 281 g/mol. The molecule has 20 heavy (non-hydrogen) atoms. The zero-order valence-corrected chi connectivity index (χ0v) is 10.9. The van der Waals surface area contributed by atoms with Gasteiger partial charge in [-0.1, -0.05) is 18.2 Å². The zero-order chi connectivity index (χ0) is 14.8. The SMILES string of the molecule is Cc1ccccc1Oc1ccc(C(F)(F)F)c(CN)c1. The second-order valence-corrected chi connectivity index (χ2v) is 4.39. The molecule has 2 aromatic rings. The molecule has 0 bridgehead atoms. The molecule has 0 fully saturated rings. The van der Waals surface area contributed by atoms with E-state index < -0.39 is 11.7 Å². The number of halogens is 3. The fraction of sp³-hybridized carbons (Fsp3) is 0.200. The molecule has 2 N–H and O–H groups in total. The predicted octanol–water partition coefficient (Wildman–Crippen LogP) is 4.26. The van der Waals surface area contributed by atoms with Gasteiger partial charge in [-0.05, 0) is 42.3 Å². The molecule has 5 heteroatoms. The molecule has 0 unspecified atom stereocenters. The summed E-state index contributed by atoms with van der Waals surface area (Å²) in [4.78, 5) is 0. The Morgan fingerprint density at radius 1 is 1.10 bits per heavy atom. The zero-order valence-electron chi connectivity index (χ0n) is 10.9. The number of rotatable bonds is 3. The quantitative estimate of drug-likeness (QED) is 0.912. The van der Waals surface area contributed by atoms with Gasteiger partial charge in [-0.3, -0.25) is 0 Å². The summed E-state index contributed by atoms with van der Waals surface area (Å²) in [6, 6.07) is 10.9. The van der Waals surface area contributed by atoms with Gasteiger partial charge in [0.2, 0.25) is 0 Å². The maximum atomic E-state index is 12.8. The molecule has 2 aromatic carbocycles. The maximum Gasteiger partial charge on any atom is 0.416 e. The van der Waals surface area contributed by atoms with Crippen LogP contribution < -0.4 is 10.5 Å². The molecule has 106 valence electrons. The van der Waals surface area contributed by atoms with E-state index in [9.17, 15) is 13.2 Å². The largest absolute Gasteiger partial charge is 0.457 e. The number of aryl methyl sites for hydroxylation is 1. The lowest BCUT2D eigenvalue weighted by Crippen LogP contribution is -2.11. The molecule has 0 radical (unpaired) electrons. The first kappa shape index (κ1) is 14.4. The number of nitrogens with two attached hydrogens (primary N) is 1. The van der Waals surface area contributed by atoms with Crippen LogP contribution in [-0.4, -0.2) is 0 Å². The first-order valence-corrected chi connectivity index (χ1v) is 6.05. The van der Waals surface area contributed by atoms with Gasteiger partial charge in [0.25, 0.3) is 0 Å². The molecule has 2 nitrogen and oxygen atoms in total. The van der Waals surface area contributed by atoms with Crippen molar-refractivity contribution in [2.24, 2.45) is 5.73 Å². The minimum Gasteiger partial charge on any atom is -0.457 e. The van der Waals surface area contributed by atoms with Gasteiger partial charge in [0.05, 0.1) is 5.56 Å². The minimum atomic E-state index is -4.41. The van der Waals surface area contributed by atoms with Gasteiger partial charge < -0.3 is 10.5 Å². The Balaban J connectivity index is 2.33. The molecular formula is C15H14F3NO. The Kier molecular flexibility index (Phi) is 3.99. The van der Waals surface area contributed by atoms with Crippen molar-refractivity contribution in [3.63, 3.8) is 0 Å². The topological polar surface area (TPSA) is 35.2 Å². The summed E-state index contributed by atoms with van der Waals surface area (Å²) in [5, 5.41) is 0. The Labute approximate surface area is 115 Å². The van der Waals surface area contributed by atoms with E-state index in [-0.39, 0.29) is 12.1 Å². The summed E-state index contributed by atoms with van der Waals surface area (Å²) in [6.45, 7) is 1.67. The highest BCUT2D eigenvalue weighted by molar-refractivity contribution is 5.41. The average Bonchev–Trinajstić information content (AvgIpc) is 2.40. The first-order chi connectivity index (χ1) is 9.41. The van der Waals surface area contributed by atoms with E-state index >= 15 is 0 Å². The summed E-state index contributed by atoms with van der Waals surface area (Å²) in [5.41, 5.74) is 5.58. The lowest BCUT2D eigenvalue weighted by Gasteiger charge is -2.14. The van der Waals surface area contributed by atoms with Crippen molar-refractivity contribution in [1.29, 1.82) is 0 Å². The van der Waals surface area contributed by atoms with E-state index in [4.69, 9.17) is 10.5 Å². The van der Waals surface area contributed by atoms with E-state index in [0.717, 1.165) is 11.6 Å². The van der Waals surface area contributed by atoms with Gasteiger partial charge >= 0.3 is 6.18 Å². The van der Waals surface area contributed by atoms with Crippen LogP contribution in [0, 0.1) is 6.92 Å². The van der Waals surface area contributed by atoms with E-state index in [2.05, 4.69) is 0 Å². The van der Waals surface area contributed by atoms with Gasteiger partial charge in [-0.2, -0.15) is 13.2 Å². The van der Waals surface area contributed by atoms with Gasteiger partial charge in [-0.25, -0.2) is 0 Å². The maximum absolute atomic E-state index is 12.8. The van der Waals surface area contributed by atoms with E-state index in [0.29, 0.717) is 11.5 Å². The fourth-order valence-electron chi connectivity index (χ4n) is 1.88. The molecule has 0 atom stereocenters. The van der Waals surface area contributed by atoms with E-state index in [1.165, 1.54) is 12.1 Å². The van der Waals surface area contributed by atoms with E-state index in [1.807, 2.05) is 19.1 Å². The van der Waals surface area contributed by atoms with Crippen molar-refractivity contribution >= 4 is 0 Å². The van der Waals surface area contributed by atoms with Crippen molar-refractivity contribution in [1.82, 2.24) is 0 Å². The molecule has 0 heterocycles. The van der Waals surface area contributed by atoms with Gasteiger partial charge in [0, 0.05) is 6.54 Å². The minimum absolute atomic E-state index is 0.0172. The van der Waals surface area contributed by atoms with Crippen LogP contribution in [0.5, 0.6) is 11.5 Å². The summed E-state index contributed by atoms with van der Waals surface area (Å²) in [7, 11) is 0. The number of alkyl halides is 3. The molecule has 0 saturated heterocycles. The fourth-order valence-corrected chi connectivity index (χ4v) is 1.88. The molecule has 2 rings (SSSR count). The second kappa shape index (κ2) is 5.54. The summed E-state index contributed by atoms with van der Waals surface area (Å²) in [6.07, 6.45) is -4.41. The molecule has 0 spiro atoms. The van der Waals surface area contributed by atoms with Crippen LogP contribution >= 0.6 is 0 Å². The third-order valence-corrected chi connectivity index (χ3v) is 2.92.